The summed E-state index contributed by atoms with van der Waals surface area (Å²) in [5, 5.41) is 22.7. The van der Waals surface area contributed by atoms with E-state index >= 15 is 0 Å². The van der Waals surface area contributed by atoms with Gasteiger partial charge in [0.25, 0.3) is 0 Å². The highest BCUT2D eigenvalue weighted by Crippen LogP contribution is 2.40. The number of nitrogens with zero attached hydrogens (tertiary/aromatic N) is 7. The van der Waals surface area contributed by atoms with Crippen LogP contribution in [-0.4, -0.2) is 79.7 Å². The Morgan fingerprint density at radius 2 is 1.93 bits per heavy atom. The number of carbonyl (C=O) groups excluding carboxylic acids is 1. The quantitative estimate of drug-likeness (QED) is 0.355. The lowest BCUT2D eigenvalue weighted by molar-refractivity contribution is -0.128. The van der Waals surface area contributed by atoms with Crippen LogP contribution >= 0.6 is 0 Å². The molecule has 9 nitrogen and oxygen atoms in total. The third kappa shape index (κ3) is 6.06. The van der Waals surface area contributed by atoms with Crippen LogP contribution in [-0.2, 0) is 17.8 Å². The molecule has 2 atom stereocenters. The molecule has 232 valence electrons. The Morgan fingerprint density at radius 1 is 1.11 bits per heavy atom. The van der Waals surface area contributed by atoms with Crippen LogP contribution in [0.4, 0.5) is 11.4 Å². The highest BCUT2D eigenvalue weighted by atomic mass is 16.5. The van der Waals surface area contributed by atoms with Crippen LogP contribution in [0.1, 0.15) is 41.6 Å². The third-order valence-electron chi connectivity index (χ3n) is 9.60. The molecule has 9 heteroatoms. The molecule has 0 aliphatic carbocycles. The fourth-order valence-electron chi connectivity index (χ4n) is 7.42. The second-order valence-electron chi connectivity index (χ2n) is 12.6. The number of likely N-dealkylation sites (tertiary alicyclic amines) is 1. The Labute approximate surface area is 265 Å². The summed E-state index contributed by atoms with van der Waals surface area (Å²) in [5.41, 5.74) is 5.69. The number of carbonyl (C=O) groups is 1. The van der Waals surface area contributed by atoms with Crippen LogP contribution in [0.15, 0.2) is 49.1 Å². The van der Waals surface area contributed by atoms with Gasteiger partial charge < -0.3 is 24.3 Å². The van der Waals surface area contributed by atoms with E-state index in [1.165, 1.54) is 28.1 Å². The van der Waals surface area contributed by atoms with Gasteiger partial charge in [-0.2, -0.15) is 10.5 Å². The molecule has 0 spiro atoms. The number of rotatable bonds is 7. The molecule has 1 amide bonds. The summed E-state index contributed by atoms with van der Waals surface area (Å²) in [6.07, 6.45) is 4.46. The number of pyridine rings is 1. The average Bonchev–Trinajstić information content (AvgIpc) is 3.06. The predicted molar refractivity (Wildman–Crippen MR) is 176 cm³/mol. The van der Waals surface area contributed by atoms with Crippen molar-refractivity contribution >= 4 is 28.1 Å². The van der Waals surface area contributed by atoms with Crippen LogP contribution in [0.25, 0.3) is 10.8 Å². The molecular formula is C36H41N7O2. The minimum absolute atomic E-state index is 0.172. The van der Waals surface area contributed by atoms with Gasteiger partial charge in [-0.15, -0.1) is 0 Å². The van der Waals surface area contributed by atoms with Crippen LogP contribution in [0.3, 0.4) is 0 Å². The number of nitriles is 2. The van der Waals surface area contributed by atoms with E-state index in [-0.39, 0.29) is 18.4 Å². The minimum Gasteiger partial charge on any atom is -0.476 e. The molecule has 0 saturated carbocycles. The lowest BCUT2D eigenvalue weighted by atomic mass is 9.95. The summed E-state index contributed by atoms with van der Waals surface area (Å²) in [6.45, 7) is 11.2. The zero-order chi connectivity index (χ0) is 31.5. The normalized spacial score (nSPS) is 20.3. The molecule has 3 aliphatic rings. The molecule has 0 bridgehead atoms. The molecule has 2 aromatic carbocycles. The van der Waals surface area contributed by atoms with Crippen molar-refractivity contribution < 1.29 is 9.53 Å². The molecule has 6 rings (SSSR count). The van der Waals surface area contributed by atoms with E-state index in [0.29, 0.717) is 50.1 Å². The summed E-state index contributed by atoms with van der Waals surface area (Å²) < 4.78 is 6.46. The van der Waals surface area contributed by atoms with E-state index in [2.05, 4.69) is 83.8 Å². The van der Waals surface area contributed by atoms with Gasteiger partial charge in [0.1, 0.15) is 11.6 Å². The van der Waals surface area contributed by atoms with Crippen LogP contribution in [0.5, 0.6) is 5.88 Å². The lowest BCUT2D eigenvalue weighted by Crippen LogP contribution is -2.55. The van der Waals surface area contributed by atoms with Crippen molar-refractivity contribution in [3.63, 3.8) is 0 Å². The highest BCUT2D eigenvalue weighted by molar-refractivity contribution is 5.97. The Balaban J connectivity index is 1.39. The molecule has 4 heterocycles. The molecule has 3 aliphatic heterocycles. The highest BCUT2D eigenvalue weighted by Gasteiger charge is 2.35. The van der Waals surface area contributed by atoms with Gasteiger partial charge in [-0.3, -0.25) is 4.79 Å². The molecule has 2 fully saturated rings. The van der Waals surface area contributed by atoms with E-state index < -0.39 is 0 Å². The van der Waals surface area contributed by atoms with E-state index in [1.807, 2.05) is 0 Å². The maximum absolute atomic E-state index is 12.6. The number of aryl methyl sites for hydroxylation is 1. The van der Waals surface area contributed by atoms with E-state index in [9.17, 15) is 15.3 Å². The summed E-state index contributed by atoms with van der Waals surface area (Å²) in [4.78, 5) is 26.4. The minimum atomic E-state index is -0.300. The Bertz CT molecular complexity index is 1680. The zero-order valence-corrected chi connectivity index (χ0v) is 26.3. The topological polar surface area (TPSA) is 99.7 Å². The number of piperazine rings is 1. The first-order valence-electron chi connectivity index (χ1n) is 16.0. The van der Waals surface area contributed by atoms with Gasteiger partial charge in [-0.1, -0.05) is 36.9 Å². The number of anilines is 2. The van der Waals surface area contributed by atoms with Gasteiger partial charge in [0.15, 0.2) is 0 Å². The van der Waals surface area contributed by atoms with E-state index in [1.54, 1.807) is 4.90 Å². The van der Waals surface area contributed by atoms with Gasteiger partial charge in [0.2, 0.25) is 11.8 Å². The van der Waals surface area contributed by atoms with Gasteiger partial charge in [-0.05, 0) is 62.9 Å². The summed E-state index contributed by atoms with van der Waals surface area (Å²) in [6, 6.07) is 17.3. The Kier molecular flexibility index (Phi) is 8.91. The van der Waals surface area contributed by atoms with Gasteiger partial charge in [-0.25, -0.2) is 4.98 Å². The van der Waals surface area contributed by atoms with Gasteiger partial charge in [0.05, 0.1) is 43.1 Å². The first-order chi connectivity index (χ1) is 21.9. The monoisotopic (exact) mass is 603 g/mol. The summed E-state index contributed by atoms with van der Waals surface area (Å²) >= 11 is 0. The number of hydrogen-bond donors (Lipinski definition) is 0. The molecule has 1 aromatic heterocycles. The van der Waals surface area contributed by atoms with Crippen LogP contribution in [0, 0.1) is 35.5 Å². The van der Waals surface area contributed by atoms with Crippen molar-refractivity contribution in [2.75, 3.05) is 62.7 Å². The zero-order valence-electron chi connectivity index (χ0n) is 26.3. The lowest BCUT2D eigenvalue weighted by Gasteiger charge is -2.43. The molecule has 45 heavy (non-hydrogen) atoms. The fourth-order valence-corrected chi connectivity index (χ4v) is 7.42. The average molecular weight is 604 g/mol. The van der Waals surface area contributed by atoms with E-state index in [4.69, 9.17) is 9.72 Å². The Hall–Kier alpha value is -4.60. The van der Waals surface area contributed by atoms with Crippen molar-refractivity contribution in [1.29, 1.82) is 10.5 Å². The van der Waals surface area contributed by atoms with Crippen molar-refractivity contribution in [1.82, 2.24) is 14.8 Å². The number of aromatic nitrogens is 1. The molecule has 3 aromatic rings. The van der Waals surface area contributed by atoms with Crippen molar-refractivity contribution in [3.05, 3.63) is 71.4 Å². The number of benzene rings is 2. The molecular weight excluding hydrogens is 562 g/mol. The first-order valence-corrected chi connectivity index (χ1v) is 16.0. The smallest absolute Gasteiger partial charge is 0.246 e. The fraction of sp³-hybridized carbons (Fsp3) is 0.444. The molecule has 2 saturated heterocycles. The number of piperidine rings is 1. The number of amides is 1. The Morgan fingerprint density at radius 3 is 2.69 bits per heavy atom. The van der Waals surface area contributed by atoms with Crippen molar-refractivity contribution in [2.45, 2.75) is 45.2 Å². The number of ether oxygens (including phenoxy) is 1. The maximum Gasteiger partial charge on any atom is 0.246 e. The SMILES string of the molecule is C=CC(=O)N1CCN(c2c(C#N)c(OCC3CCCN(C)C3)nc3c2CCN(c2cccc4cccc(C)c24)C3)CC1CC#N. The van der Waals surface area contributed by atoms with Gasteiger partial charge >= 0.3 is 0 Å². The van der Waals surface area contributed by atoms with Crippen LogP contribution < -0.4 is 14.5 Å². The first kappa shape index (κ1) is 30.4. The van der Waals surface area contributed by atoms with Gasteiger partial charge in [0, 0.05) is 55.3 Å². The second kappa shape index (κ2) is 13.2. The van der Waals surface area contributed by atoms with Crippen molar-refractivity contribution in [2.24, 2.45) is 5.92 Å². The van der Waals surface area contributed by atoms with Crippen LogP contribution in [0.2, 0.25) is 0 Å². The molecule has 0 N–H and O–H groups in total. The molecule has 0 radical (unpaired) electrons. The number of fused-ring (bicyclic) bond motifs is 2. The molecule has 2 unspecified atom stereocenters. The van der Waals surface area contributed by atoms with E-state index in [0.717, 1.165) is 55.8 Å². The standard InChI is InChI=1S/C36H41N7O2/c1-4-33(44)43-19-18-42(22-28(43)13-15-37)35-29-14-17-41(32-12-6-11-27-10-5-8-25(2)34(27)32)23-31(29)39-36(30(35)20-38)45-24-26-9-7-16-40(3)21-26/h4-6,8,10-12,26,28H,1,7,9,13-14,16-19,21-24H2,2-3H3. The number of hydrogen-bond acceptors (Lipinski definition) is 8. The maximum atomic E-state index is 12.6. The van der Waals surface area contributed by atoms with Crippen molar-refractivity contribution in [3.8, 4) is 18.0 Å². The second-order valence-corrected chi connectivity index (χ2v) is 12.6. The summed E-state index contributed by atoms with van der Waals surface area (Å²) in [5.74, 6) is 0.590. The predicted octanol–water partition coefficient (Wildman–Crippen LogP) is 4.82. The largest absolute Gasteiger partial charge is 0.476 e. The third-order valence-corrected chi connectivity index (χ3v) is 9.60. The summed E-state index contributed by atoms with van der Waals surface area (Å²) in [7, 11) is 2.14.